The summed E-state index contributed by atoms with van der Waals surface area (Å²) in [7, 11) is 5.01. The fourth-order valence-corrected chi connectivity index (χ4v) is 2.66. The van der Waals surface area contributed by atoms with Gasteiger partial charge in [-0.25, -0.2) is 0 Å². The molecule has 1 N–H and O–H groups in total. The third kappa shape index (κ3) is 1.68. The smallest absolute Gasteiger partial charge is 0.143 e. The third-order valence-electron chi connectivity index (χ3n) is 3.55. The zero-order valence-electron chi connectivity index (χ0n) is 12.0. The normalized spacial score (nSPS) is 11.0. The maximum absolute atomic E-state index is 5.49. The molecular weight excluding hydrogens is 254 g/mol. The van der Waals surface area contributed by atoms with Crippen molar-refractivity contribution in [2.24, 2.45) is 0 Å². The van der Waals surface area contributed by atoms with Crippen LogP contribution >= 0.6 is 0 Å². The minimum atomic E-state index is 0.789. The molecular formula is C16H17NO3. The lowest BCUT2D eigenvalue weighted by molar-refractivity contribution is 0.410. The van der Waals surface area contributed by atoms with E-state index in [1.165, 1.54) is 0 Å². The van der Waals surface area contributed by atoms with Crippen molar-refractivity contribution in [3.63, 3.8) is 0 Å². The Bertz CT molecular complexity index is 789. The van der Waals surface area contributed by atoms with Gasteiger partial charge in [0.1, 0.15) is 17.2 Å². The van der Waals surface area contributed by atoms with Crippen molar-refractivity contribution >= 4 is 21.8 Å². The van der Waals surface area contributed by atoms with Crippen molar-refractivity contribution in [1.82, 2.24) is 4.98 Å². The Morgan fingerprint density at radius 3 is 2.10 bits per heavy atom. The molecule has 20 heavy (non-hydrogen) atoms. The van der Waals surface area contributed by atoms with Crippen LogP contribution in [0.5, 0.6) is 17.2 Å². The van der Waals surface area contributed by atoms with Gasteiger partial charge in [0.25, 0.3) is 0 Å². The number of aromatic amines is 1. The van der Waals surface area contributed by atoms with E-state index in [1.54, 1.807) is 21.3 Å². The summed E-state index contributed by atoms with van der Waals surface area (Å²) >= 11 is 0. The Hall–Kier alpha value is -2.36. The SMILES string of the molecule is COc1cc(C)cc2c1[nH]c1c(OC)ccc(OC)c12. The molecule has 0 saturated heterocycles. The molecule has 0 fully saturated rings. The van der Waals surface area contributed by atoms with Crippen molar-refractivity contribution in [3.05, 3.63) is 29.8 Å². The van der Waals surface area contributed by atoms with Crippen LogP contribution in [0.15, 0.2) is 24.3 Å². The second-order valence-electron chi connectivity index (χ2n) is 4.73. The molecule has 3 aromatic rings. The number of benzene rings is 2. The standard InChI is InChI=1S/C16H17NO3/c1-9-7-10-14-11(18-2)5-6-12(19-3)16(14)17-15(10)13(8-9)20-4/h5-8,17H,1-4H3. The van der Waals surface area contributed by atoms with E-state index >= 15 is 0 Å². The first-order valence-electron chi connectivity index (χ1n) is 6.40. The van der Waals surface area contributed by atoms with E-state index in [-0.39, 0.29) is 0 Å². The topological polar surface area (TPSA) is 43.5 Å². The Balaban J connectivity index is 2.53. The summed E-state index contributed by atoms with van der Waals surface area (Å²) < 4.78 is 16.4. The molecule has 0 aliphatic carbocycles. The number of aryl methyl sites for hydroxylation is 1. The van der Waals surface area contributed by atoms with Crippen molar-refractivity contribution < 1.29 is 14.2 Å². The van der Waals surface area contributed by atoms with Gasteiger partial charge in [0.15, 0.2) is 0 Å². The summed E-state index contributed by atoms with van der Waals surface area (Å²) in [6.07, 6.45) is 0. The van der Waals surface area contributed by atoms with Gasteiger partial charge in [0, 0.05) is 5.39 Å². The van der Waals surface area contributed by atoms with Crippen LogP contribution in [0, 0.1) is 6.92 Å². The average molecular weight is 271 g/mol. The van der Waals surface area contributed by atoms with Crippen LogP contribution in [0.25, 0.3) is 21.8 Å². The third-order valence-corrected chi connectivity index (χ3v) is 3.55. The Kier molecular flexibility index (Phi) is 2.93. The predicted octanol–water partition coefficient (Wildman–Crippen LogP) is 3.66. The van der Waals surface area contributed by atoms with Crippen LogP contribution in [-0.2, 0) is 0 Å². The number of aromatic nitrogens is 1. The van der Waals surface area contributed by atoms with Crippen LogP contribution in [0.3, 0.4) is 0 Å². The van der Waals surface area contributed by atoms with Crippen LogP contribution in [0.2, 0.25) is 0 Å². The average Bonchev–Trinajstić information content (AvgIpc) is 2.85. The maximum atomic E-state index is 5.49. The first-order valence-corrected chi connectivity index (χ1v) is 6.40. The van der Waals surface area contributed by atoms with Gasteiger partial charge < -0.3 is 19.2 Å². The van der Waals surface area contributed by atoms with E-state index in [0.29, 0.717) is 0 Å². The van der Waals surface area contributed by atoms with Gasteiger partial charge >= 0.3 is 0 Å². The molecule has 0 aliphatic heterocycles. The molecule has 0 atom stereocenters. The van der Waals surface area contributed by atoms with E-state index in [1.807, 2.05) is 25.1 Å². The number of H-pyrrole nitrogens is 1. The van der Waals surface area contributed by atoms with E-state index in [4.69, 9.17) is 14.2 Å². The lowest BCUT2D eigenvalue weighted by atomic mass is 10.1. The van der Waals surface area contributed by atoms with Gasteiger partial charge in [-0.1, -0.05) is 0 Å². The summed E-state index contributed by atoms with van der Waals surface area (Å²) in [6.45, 7) is 2.05. The lowest BCUT2D eigenvalue weighted by Gasteiger charge is -2.06. The molecule has 0 bridgehead atoms. The fourth-order valence-electron chi connectivity index (χ4n) is 2.66. The van der Waals surface area contributed by atoms with Crippen molar-refractivity contribution in [2.75, 3.05) is 21.3 Å². The second kappa shape index (κ2) is 4.63. The van der Waals surface area contributed by atoms with Gasteiger partial charge in [-0.2, -0.15) is 0 Å². The minimum absolute atomic E-state index is 0.789. The van der Waals surface area contributed by atoms with Crippen molar-refractivity contribution in [2.45, 2.75) is 6.92 Å². The highest BCUT2D eigenvalue weighted by molar-refractivity contribution is 6.14. The summed E-state index contributed by atoms with van der Waals surface area (Å²) in [5.41, 5.74) is 3.02. The first-order chi connectivity index (χ1) is 9.69. The summed E-state index contributed by atoms with van der Waals surface area (Å²) in [5.74, 6) is 2.43. The molecule has 104 valence electrons. The van der Waals surface area contributed by atoms with Crippen molar-refractivity contribution in [3.8, 4) is 17.2 Å². The largest absolute Gasteiger partial charge is 0.496 e. The Labute approximate surface area is 117 Å². The Morgan fingerprint density at radius 1 is 0.800 bits per heavy atom. The molecule has 4 heteroatoms. The number of fused-ring (bicyclic) bond motifs is 3. The van der Waals surface area contributed by atoms with E-state index in [0.717, 1.165) is 44.6 Å². The molecule has 4 nitrogen and oxygen atoms in total. The molecule has 0 saturated carbocycles. The van der Waals surface area contributed by atoms with E-state index < -0.39 is 0 Å². The minimum Gasteiger partial charge on any atom is -0.496 e. The van der Waals surface area contributed by atoms with Crippen LogP contribution in [-0.4, -0.2) is 26.3 Å². The summed E-state index contributed by atoms with van der Waals surface area (Å²) in [6, 6.07) is 7.95. The quantitative estimate of drug-likeness (QED) is 0.790. The zero-order valence-corrected chi connectivity index (χ0v) is 12.0. The lowest BCUT2D eigenvalue weighted by Crippen LogP contribution is -1.87. The van der Waals surface area contributed by atoms with Gasteiger partial charge in [-0.3, -0.25) is 0 Å². The number of ether oxygens (including phenoxy) is 3. The second-order valence-corrected chi connectivity index (χ2v) is 4.73. The monoisotopic (exact) mass is 271 g/mol. The molecule has 0 amide bonds. The van der Waals surface area contributed by atoms with Crippen LogP contribution in [0.1, 0.15) is 5.56 Å². The number of rotatable bonds is 3. The molecule has 0 unspecified atom stereocenters. The number of hydrogen-bond acceptors (Lipinski definition) is 3. The summed E-state index contributed by atoms with van der Waals surface area (Å²) in [4.78, 5) is 3.39. The maximum Gasteiger partial charge on any atom is 0.143 e. The number of methoxy groups -OCH3 is 3. The van der Waals surface area contributed by atoms with Crippen molar-refractivity contribution in [1.29, 1.82) is 0 Å². The number of nitrogens with one attached hydrogen (secondary N) is 1. The highest BCUT2D eigenvalue weighted by Gasteiger charge is 2.16. The molecule has 1 aromatic heterocycles. The molecule has 0 spiro atoms. The molecule has 3 rings (SSSR count). The van der Waals surface area contributed by atoms with Crippen LogP contribution < -0.4 is 14.2 Å². The van der Waals surface area contributed by atoms with Gasteiger partial charge in [0.05, 0.1) is 37.7 Å². The Morgan fingerprint density at radius 2 is 1.45 bits per heavy atom. The highest BCUT2D eigenvalue weighted by atomic mass is 16.5. The summed E-state index contributed by atoms with van der Waals surface area (Å²) in [5, 5.41) is 2.09. The molecule has 1 heterocycles. The first kappa shape index (κ1) is 12.7. The zero-order chi connectivity index (χ0) is 14.3. The number of hydrogen-bond donors (Lipinski definition) is 1. The fraction of sp³-hybridized carbons (Fsp3) is 0.250. The van der Waals surface area contributed by atoms with Crippen LogP contribution in [0.4, 0.5) is 0 Å². The highest BCUT2D eigenvalue weighted by Crippen LogP contribution is 2.41. The van der Waals surface area contributed by atoms with E-state index in [2.05, 4.69) is 11.1 Å². The molecule has 0 aliphatic rings. The van der Waals surface area contributed by atoms with Gasteiger partial charge in [0.2, 0.25) is 0 Å². The predicted molar refractivity (Wildman–Crippen MR) is 80.2 cm³/mol. The van der Waals surface area contributed by atoms with Gasteiger partial charge in [-0.05, 0) is 36.8 Å². The molecule has 2 aromatic carbocycles. The molecule has 0 radical (unpaired) electrons. The van der Waals surface area contributed by atoms with Gasteiger partial charge in [-0.15, -0.1) is 0 Å². The van der Waals surface area contributed by atoms with E-state index in [9.17, 15) is 0 Å².